The van der Waals surface area contributed by atoms with Crippen molar-refractivity contribution in [3.63, 3.8) is 0 Å². The molecule has 2 aliphatic carbocycles. The van der Waals surface area contributed by atoms with Crippen LogP contribution < -0.4 is 0 Å². The molecule has 0 spiro atoms. The summed E-state index contributed by atoms with van der Waals surface area (Å²) in [7, 11) is 4.28. The van der Waals surface area contributed by atoms with Gasteiger partial charge in [-0.1, -0.05) is 40.5 Å². The van der Waals surface area contributed by atoms with E-state index in [0.717, 1.165) is 30.6 Å². The van der Waals surface area contributed by atoms with Gasteiger partial charge < -0.3 is 9.90 Å². The molecule has 0 unspecified atom stereocenters. The van der Waals surface area contributed by atoms with Crippen LogP contribution >= 0.6 is 0 Å². The summed E-state index contributed by atoms with van der Waals surface area (Å²) in [5, 5.41) is 9.14. The normalized spacial score (nSPS) is 39.5. The van der Waals surface area contributed by atoms with Crippen molar-refractivity contribution in [1.82, 2.24) is 9.80 Å². The number of hydrogen-bond acceptors (Lipinski definition) is 4. The molecule has 0 amide bonds. The minimum absolute atomic E-state index is 0. The van der Waals surface area contributed by atoms with Crippen LogP contribution in [0.3, 0.4) is 0 Å². The molecule has 0 radical (unpaired) electrons. The summed E-state index contributed by atoms with van der Waals surface area (Å²) >= 11 is 0. The SMILES string of the molecule is C.C.CN1[C@H](C=O)C[C@@H]2CCCC[C@@H]21.CN1[C@H](CO)C[C@@H]2CCCC[C@@H]21. The molecule has 4 fully saturated rings. The number of rotatable bonds is 2. The average molecular weight is 369 g/mol. The predicted octanol–water partition coefficient (Wildman–Crippen LogP) is 3.96. The third kappa shape index (κ3) is 4.88. The van der Waals surface area contributed by atoms with E-state index in [-0.39, 0.29) is 20.9 Å². The van der Waals surface area contributed by atoms with Crippen molar-refractivity contribution in [2.75, 3.05) is 20.7 Å². The largest absolute Gasteiger partial charge is 0.395 e. The topological polar surface area (TPSA) is 43.8 Å². The van der Waals surface area contributed by atoms with Gasteiger partial charge in [-0.3, -0.25) is 9.80 Å². The van der Waals surface area contributed by atoms with Crippen molar-refractivity contribution in [1.29, 1.82) is 0 Å². The van der Waals surface area contributed by atoms with Gasteiger partial charge in [-0.25, -0.2) is 0 Å². The van der Waals surface area contributed by atoms with Crippen LogP contribution in [0.5, 0.6) is 0 Å². The fourth-order valence-electron chi connectivity index (χ4n) is 5.86. The first-order valence-electron chi connectivity index (χ1n) is 10.2. The molecule has 0 bridgehead atoms. The summed E-state index contributed by atoms with van der Waals surface area (Å²) in [6, 6.07) is 2.18. The summed E-state index contributed by atoms with van der Waals surface area (Å²) in [6.45, 7) is 0.351. The number of nitrogens with zero attached hydrogens (tertiary/aromatic N) is 2. The maximum absolute atomic E-state index is 10.7. The van der Waals surface area contributed by atoms with Gasteiger partial charge in [-0.2, -0.15) is 0 Å². The van der Waals surface area contributed by atoms with E-state index in [9.17, 15) is 4.79 Å². The molecule has 0 aromatic carbocycles. The van der Waals surface area contributed by atoms with Gasteiger partial charge >= 0.3 is 0 Å². The summed E-state index contributed by atoms with van der Waals surface area (Å²) in [6.07, 6.45) is 14.4. The Balaban J connectivity index is 0.000000241. The lowest BCUT2D eigenvalue weighted by atomic mass is 9.85. The zero-order chi connectivity index (χ0) is 17.1. The van der Waals surface area contributed by atoms with Crippen molar-refractivity contribution in [2.45, 2.75) is 103 Å². The van der Waals surface area contributed by atoms with Gasteiger partial charge in [0.2, 0.25) is 0 Å². The molecule has 4 rings (SSSR count). The van der Waals surface area contributed by atoms with Gasteiger partial charge in [0.1, 0.15) is 6.29 Å². The lowest BCUT2D eigenvalue weighted by Gasteiger charge is -2.30. The van der Waals surface area contributed by atoms with E-state index in [1.165, 1.54) is 57.8 Å². The Morgan fingerprint density at radius 1 is 0.846 bits per heavy atom. The highest BCUT2D eigenvalue weighted by atomic mass is 16.3. The monoisotopic (exact) mass is 368 g/mol. The van der Waals surface area contributed by atoms with Gasteiger partial charge in [0.15, 0.2) is 0 Å². The minimum Gasteiger partial charge on any atom is -0.395 e. The number of carbonyl (C=O) groups excluding carboxylic acids is 1. The fraction of sp³-hybridized carbons (Fsp3) is 0.955. The highest BCUT2D eigenvalue weighted by molar-refractivity contribution is 5.58. The van der Waals surface area contributed by atoms with E-state index in [1.54, 1.807) is 0 Å². The van der Waals surface area contributed by atoms with E-state index >= 15 is 0 Å². The molecule has 6 atom stereocenters. The van der Waals surface area contributed by atoms with Gasteiger partial charge in [0, 0.05) is 18.1 Å². The second-order valence-corrected chi connectivity index (χ2v) is 8.57. The van der Waals surface area contributed by atoms with Crippen LogP contribution in [0.4, 0.5) is 0 Å². The molecule has 2 heterocycles. The molecule has 4 aliphatic rings. The predicted molar refractivity (Wildman–Crippen MR) is 110 cm³/mol. The van der Waals surface area contributed by atoms with Crippen molar-refractivity contribution in [2.24, 2.45) is 11.8 Å². The van der Waals surface area contributed by atoms with Crippen molar-refractivity contribution < 1.29 is 9.90 Å². The van der Waals surface area contributed by atoms with E-state index in [0.29, 0.717) is 18.7 Å². The van der Waals surface area contributed by atoms with E-state index < -0.39 is 0 Å². The fourth-order valence-corrected chi connectivity index (χ4v) is 5.86. The highest BCUT2D eigenvalue weighted by Crippen LogP contribution is 2.39. The van der Waals surface area contributed by atoms with Crippen molar-refractivity contribution >= 4 is 6.29 Å². The zero-order valence-corrected chi connectivity index (χ0v) is 15.6. The maximum Gasteiger partial charge on any atom is 0.137 e. The Hall–Kier alpha value is -0.450. The molecule has 0 aromatic heterocycles. The van der Waals surface area contributed by atoms with Crippen molar-refractivity contribution in [3.8, 4) is 0 Å². The zero-order valence-electron chi connectivity index (χ0n) is 15.6. The quantitative estimate of drug-likeness (QED) is 0.749. The number of aldehydes is 1. The smallest absolute Gasteiger partial charge is 0.137 e. The number of likely N-dealkylation sites (tertiary alicyclic amines) is 2. The number of likely N-dealkylation sites (N-methyl/N-ethyl adjacent to an activating group) is 2. The molecule has 26 heavy (non-hydrogen) atoms. The van der Waals surface area contributed by atoms with Crippen LogP contribution in [0.15, 0.2) is 0 Å². The van der Waals surface area contributed by atoms with Crippen LogP contribution in [0.1, 0.15) is 79.1 Å². The summed E-state index contributed by atoms with van der Waals surface area (Å²) in [4.78, 5) is 15.4. The standard InChI is InChI=1S/C10H19NO.C10H17NO.2CH4/c2*1-11-9(7-12)6-8-4-2-3-5-10(8)11;;/h8-10,12H,2-7H2,1H3;7-10H,2-6H2,1H3;2*1H4/t2*8-,9-,10-;;/m00../s1. The molecule has 4 heteroatoms. The molecule has 0 aromatic rings. The van der Waals surface area contributed by atoms with Gasteiger partial charge in [-0.05, 0) is 64.5 Å². The van der Waals surface area contributed by atoms with Crippen LogP contribution in [-0.4, -0.2) is 66.1 Å². The lowest BCUT2D eigenvalue weighted by Crippen LogP contribution is -2.36. The third-order valence-corrected chi connectivity index (χ3v) is 7.37. The minimum atomic E-state index is 0. The van der Waals surface area contributed by atoms with Crippen LogP contribution in [0.25, 0.3) is 0 Å². The lowest BCUT2D eigenvalue weighted by molar-refractivity contribution is -0.111. The molecule has 2 saturated heterocycles. The number of hydrogen-bond donors (Lipinski definition) is 1. The Morgan fingerprint density at radius 2 is 1.35 bits per heavy atom. The Bertz CT molecular complexity index is 415. The Morgan fingerprint density at radius 3 is 1.81 bits per heavy atom. The number of carbonyl (C=O) groups is 1. The highest BCUT2D eigenvalue weighted by Gasteiger charge is 2.40. The van der Waals surface area contributed by atoms with E-state index in [4.69, 9.17) is 5.11 Å². The van der Waals surface area contributed by atoms with E-state index in [1.807, 2.05) is 0 Å². The van der Waals surface area contributed by atoms with Crippen LogP contribution in [0.2, 0.25) is 0 Å². The number of aliphatic hydroxyl groups is 1. The first-order valence-corrected chi connectivity index (χ1v) is 10.2. The third-order valence-electron chi connectivity index (χ3n) is 7.37. The molecule has 1 N–H and O–H groups in total. The summed E-state index contributed by atoms with van der Waals surface area (Å²) < 4.78 is 0. The summed E-state index contributed by atoms with van der Waals surface area (Å²) in [5.41, 5.74) is 0. The van der Waals surface area contributed by atoms with Crippen LogP contribution in [0, 0.1) is 11.8 Å². The van der Waals surface area contributed by atoms with Gasteiger partial charge in [0.05, 0.1) is 12.6 Å². The van der Waals surface area contributed by atoms with E-state index in [2.05, 4.69) is 23.9 Å². The second-order valence-electron chi connectivity index (χ2n) is 8.57. The maximum atomic E-state index is 10.7. The Labute approximate surface area is 162 Å². The first-order chi connectivity index (χ1) is 11.7. The second kappa shape index (κ2) is 10.8. The molecular formula is C22H44N2O2. The number of fused-ring (bicyclic) bond motifs is 2. The molecule has 154 valence electrons. The van der Waals surface area contributed by atoms with Gasteiger partial charge in [0.25, 0.3) is 0 Å². The molecule has 2 saturated carbocycles. The van der Waals surface area contributed by atoms with Crippen LogP contribution in [-0.2, 0) is 4.79 Å². The molecule has 4 nitrogen and oxygen atoms in total. The molecular weight excluding hydrogens is 324 g/mol. The Kier molecular flexibility index (Phi) is 9.77. The number of aliphatic hydroxyl groups excluding tert-OH is 1. The average Bonchev–Trinajstić information content (AvgIpc) is 3.13. The first kappa shape index (κ1) is 23.6. The van der Waals surface area contributed by atoms with Crippen molar-refractivity contribution in [3.05, 3.63) is 0 Å². The van der Waals surface area contributed by atoms with Gasteiger partial charge in [-0.15, -0.1) is 0 Å². The summed E-state index contributed by atoms with van der Waals surface area (Å²) in [5.74, 6) is 1.71. The molecule has 2 aliphatic heterocycles.